The van der Waals surface area contributed by atoms with E-state index in [4.69, 9.17) is 0 Å². The summed E-state index contributed by atoms with van der Waals surface area (Å²) in [5.74, 6) is 0. The predicted octanol–water partition coefficient (Wildman–Crippen LogP) is 7.58. The molecular formula is C36H33NO2Si2. The zero-order valence-electron chi connectivity index (χ0n) is 25.0. The lowest BCUT2D eigenvalue weighted by Crippen LogP contribution is -2.38. The standard InChI is InChI=1S/C36H33NO2Si2/c1-18-10-9-11-19(2)34(18)37-35(38)32-23-16-25(40(3,4)5)21-14-12-20-13-15-22-26(41(6,7)8)17-24(33(32)36(37)39)31-29(22)27(20)28(21)30(23)31/h9-17H,1-8H3. The molecule has 0 atom stereocenters. The van der Waals surface area contributed by atoms with Gasteiger partial charge in [-0.1, -0.05) is 104 Å². The second-order valence-corrected chi connectivity index (χ2v) is 24.3. The molecule has 0 N–H and O–H groups in total. The molecule has 0 spiro atoms. The Kier molecular flexibility index (Phi) is 4.58. The predicted molar refractivity (Wildman–Crippen MR) is 184 cm³/mol. The molecular weight excluding hydrogens is 535 g/mol. The molecule has 0 aliphatic heterocycles. The lowest BCUT2D eigenvalue weighted by molar-refractivity contribution is 0.965. The molecule has 41 heavy (non-hydrogen) atoms. The Labute approximate surface area is 240 Å². The van der Waals surface area contributed by atoms with E-state index in [2.05, 4.69) is 75.7 Å². The maximum atomic E-state index is 14.6. The summed E-state index contributed by atoms with van der Waals surface area (Å²) >= 11 is 0. The number of aromatic nitrogens is 1. The van der Waals surface area contributed by atoms with Gasteiger partial charge in [-0.15, -0.1) is 0 Å². The van der Waals surface area contributed by atoms with Gasteiger partial charge in [-0.25, -0.2) is 4.57 Å². The zero-order valence-corrected chi connectivity index (χ0v) is 27.0. The van der Waals surface area contributed by atoms with Crippen LogP contribution in [-0.4, -0.2) is 20.7 Å². The highest BCUT2D eigenvalue weighted by molar-refractivity contribution is 6.91. The van der Waals surface area contributed by atoms with Gasteiger partial charge in [0, 0.05) is 0 Å². The average molecular weight is 568 g/mol. The first-order valence-corrected chi connectivity index (χ1v) is 21.5. The van der Waals surface area contributed by atoms with Crippen molar-refractivity contribution in [1.82, 2.24) is 4.57 Å². The van der Waals surface area contributed by atoms with E-state index in [9.17, 15) is 9.59 Å². The first-order valence-electron chi connectivity index (χ1n) is 14.5. The Bertz CT molecular complexity index is 2330. The van der Waals surface area contributed by atoms with Crippen molar-refractivity contribution < 1.29 is 0 Å². The van der Waals surface area contributed by atoms with Gasteiger partial charge in [0.15, 0.2) is 0 Å². The number of aryl methyl sites for hydroxylation is 2. The molecule has 8 aromatic rings. The van der Waals surface area contributed by atoms with Crippen LogP contribution in [0, 0.1) is 13.8 Å². The van der Waals surface area contributed by atoms with Crippen molar-refractivity contribution in [1.29, 1.82) is 0 Å². The summed E-state index contributed by atoms with van der Waals surface area (Å²) in [5, 5.41) is 15.9. The second-order valence-electron chi connectivity index (χ2n) is 14.2. The summed E-state index contributed by atoms with van der Waals surface area (Å²) in [6, 6.07) is 19.7. The largest absolute Gasteiger partial charge is 0.268 e. The molecule has 0 bridgehead atoms. The van der Waals surface area contributed by atoms with Gasteiger partial charge in [-0.05, 0) is 78.8 Å². The Hall–Kier alpha value is -3.81. The lowest BCUT2D eigenvalue weighted by atomic mass is 9.95. The fourth-order valence-corrected chi connectivity index (χ4v) is 11.0. The summed E-state index contributed by atoms with van der Waals surface area (Å²) in [7, 11) is -3.65. The topological polar surface area (TPSA) is 39.1 Å². The summed E-state index contributed by atoms with van der Waals surface area (Å²) in [6.45, 7) is 18.2. The minimum Gasteiger partial charge on any atom is -0.268 e. The Morgan fingerprint density at radius 2 is 0.927 bits per heavy atom. The monoisotopic (exact) mass is 567 g/mol. The van der Waals surface area contributed by atoms with Gasteiger partial charge < -0.3 is 0 Å². The maximum Gasteiger partial charge on any atom is 0.266 e. The second kappa shape index (κ2) is 7.52. The van der Waals surface area contributed by atoms with Crippen LogP contribution in [0.2, 0.25) is 39.3 Å². The van der Waals surface area contributed by atoms with E-state index in [-0.39, 0.29) is 11.1 Å². The van der Waals surface area contributed by atoms with Crippen LogP contribution in [0.5, 0.6) is 0 Å². The van der Waals surface area contributed by atoms with Crippen molar-refractivity contribution in [3.8, 4) is 5.69 Å². The molecule has 5 heteroatoms. The third-order valence-corrected chi connectivity index (χ3v) is 13.6. The fourth-order valence-electron chi connectivity index (χ4n) is 7.79. The number of benzene rings is 6. The van der Waals surface area contributed by atoms with Crippen LogP contribution in [0.15, 0.2) is 64.2 Å². The molecule has 1 heterocycles. The van der Waals surface area contributed by atoms with Gasteiger partial charge in [-0.2, -0.15) is 0 Å². The molecule has 202 valence electrons. The van der Waals surface area contributed by atoms with E-state index in [0.29, 0.717) is 10.8 Å². The number of rotatable bonds is 3. The first-order chi connectivity index (χ1) is 19.3. The summed E-state index contributed by atoms with van der Waals surface area (Å²) < 4.78 is 1.47. The highest BCUT2D eigenvalue weighted by Gasteiger charge is 2.33. The molecule has 0 radical (unpaired) electrons. The van der Waals surface area contributed by atoms with Crippen molar-refractivity contribution >= 4 is 91.2 Å². The molecule has 0 aliphatic carbocycles. The summed E-state index contributed by atoms with van der Waals surface area (Å²) in [5.41, 5.74) is 2.21. The molecule has 0 saturated carbocycles. The van der Waals surface area contributed by atoms with E-state index < -0.39 is 16.1 Å². The number of fused-ring (bicyclic) bond motifs is 3. The van der Waals surface area contributed by atoms with Gasteiger partial charge in [0.25, 0.3) is 11.1 Å². The molecule has 0 unspecified atom stereocenters. The highest BCUT2D eigenvalue weighted by Crippen LogP contribution is 2.49. The number of hydrogen-bond acceptors (Lipinski definition) is 2. The smallest absolute Gasteiger partial charge is 0.266 e. The molecule has 0 aliphatic rings. The summed E-state index contributed by atoms with van der Waals surface area (Å²) in [6.07, 6.45) is 0. The molecule has 0 amide bonds. The van der Waals surface area contributed by atoms with Crippen LogP contribution in [0.25, 0.3) is 70.3 Å². The van der Waals surface area contributed by atoms with Gasteiger partial charge in [-0.3, -0.25) is 9.59 Å². The van der Waals surface area contributed by atoms with Gasteiger partial charge >= 0.3 is 0 Å². The number of nitrogens with zero attached hydrogens (tertiary/aromatic N) is 1. The van der Waals surface area contributed by atoms with Gasteiger partial charge in [0.05, 0.1) is 32.6 Å². The van der Waals surface area contributed by atoms with Crippen LogP contribution in [0.4, 0.5) is 0 Å². The van der Waals surface area contributed by atoms with Gasteiger partial charge in [0.2, 0.25) is 0 Å². The van der Waals surface area contributed by atoms with Gasteiger partial charge in [0.1, 0.15) is 0 Å². The molecule has 1 aromatic heterocycles. The lowest BCUT2D eigenvalue weighted by Gasteiger charge is -2.21. The molecule has 0 saturated heterocycles. The quantitative estimate of drug-likeness (QED) is 0.163. The van der Waals surface area contributed by atoms with E-state index in [0.717, 1.165) is 27.6 Å². The van der Waals surface area contributed by atoms with Crippen LogP contribution in [0.3, 0.4) is 0 Å². The van der Waals surface area contributed by atoms with E-state index in [1.807, 2.05) is 32.0 Å². The number of hydrogen-bond donors (Lipinski definition) is 0. The van der Waals surface area contributed by atoms with Crippen molar-refractivity contribution in [2.24, 2.45) is 0 Å². The highest BCUT2D eigenvalue weighted by atomic mass is 28.3. The van der Waals surface area contributed by atoms with E-state index in [1.165, 1.54) is 58.0 Å². The Morgan fingerprint density at radius 3 is 1.34 bits per heavy atom. The van der Waals surface area contributed by atoms with Crippen molar-refractivity contribution in [2.45, 2.75) is 53.1 Å². The van der Waals surface area contributed by atoms with Crippen molar-refractivity contribution in [3.05, 3.63) is 86.4 Å². The van der Waals surface area contributed by atoms with Crippen LogP contribution >= 0.6 is 0 Å². The van der Waals surface area contributed by atoms with Crippen LogP contribution in [0.1, 0.15) is 11.1 Å². The number of para-hydroxylation sites is 1. The Morgan fingerprint density at radius 1 is 0.512 bits per heavy atom. The Balaban J connectivity index is 1.78. The average Bonchev–Trinajstić information content (AvgIpc) is 3.38. The maximum absolute atomic E-state index is 14.6. The van der Waals surface area contributed by atoms with Crippen molar-refractivity contribution in [2.75, 3.05) is 0 Å². The molecule has 7 aromatic carbocycles. The van der Waals surface area contributed by atoms with Crippen molar-refractivity contribution in [3.63, 3.8) is 0 Å². The van der Waals surface area contributed by atoms with E-state index >= 15 is 0 Å². The molecule has 3 nitrogen and oxygen atoms in total. The zero-order chi connectivity index (χ0) is 28.9. The fraction of sp³-hybridized carbons (Fsp3) is 0.222. The molecule has 0 fully saturated rings. The minimum atomic E-state index is -1.83. The third-order valence-electron chi connectivity index (χ3n) is 9.53. The third kappa shape index (κ3) is 2.93. The first kappa shape index (κ1) is 24.9. The molecule has 8 rings (SSSR count). The SMILES string of the molecule is Cc1cccc(C)c1-n1c(=O)c2c3cc([Si](C)(C)C)c4ccc5ccc6c([Si](C)(C)C)cc(c2c1=O)c1c6c5c4c31. The van der Waals surface area contributed by atoms with E-state index in [1.54, 1.807) is 0 Å². The normalized spacial score (nSPS) is 13.6. The summed E-state index contributed by atoms with van der Waals surface area (Å²) in [4.78, 5) is 29.2. The van der Waals surface area contributed by atoms with Crippen LogP contribution in [-0.2, 0) is 0 Å². The van der Waals surface area contributed by atoms with Crippen LogP contribution < -0.4 is 21.5 Å². The minimum absolute atomic E-state index is 0.192.